The van der Waals surface area contributed by atoms with Gasteiger partial charge in [-0.3, -0.25) is 9.69 Å². The van der Waals surface area contributed by atoms with Gasteiger partial charge in [0.1, 0.15) is 0 Å². The van der Waals surface area contributed by atoms with Crippen LogP contribution in [-0.2, 0) is 11.3 Å². The Morgan fingerprint density at radius 2 is 2.05 bits per heavy atom. The highest BCUT2D eigenvalue weighted by molar-refractivity contribution is 5.78. The third-order valence-electron chi connectivity index (χ3n) is 2.97. The molecule has 0 unspecified atom stereocenters. The molecule has 1 amide bonds. The minimum absolute atomic E-state index is 0.0741. The van der Waals surface area contributed by atoms with Gasteiger partial charge in [-0.25, -0.2) is 0 Å². The maximum Gasteiger partial charge on any atom is 0.234 e. The molecule has 1 aromatic rings. The third-order valence-corrected chi connectivity index (χ3v) is 2.97. The molecule has 0 aliphatic carbocycles. The highest BCUT2D eigenvalue weighted by Gasteiger charge is 2.11. The summed E-state index contributed by atoms with van der Waals surface area (Å²) < 4.78 is 0. The molecule has 1 rings (SSSR count). The number of nitrogens with two attached hydrogens (primary N) is 1. The van der Waals surface area contributed by atoms with Crippen LogP contribution < -0.4 is 11.1 Å². The van der Waals surface area contributed by atoms with Crippen LogP contribution in [0.1, 0.15) is 26.3 Å². The summed E-state index contributed by atoms with van der Waals surface area (Å²) in [6.07, 6.45) is 0. The molecule has 0 saturated heterocycles. The normalized spacial score (nSPS) is 11.0. The molecule has 0 aromatic heterocycles. The van der Waals surface area contributed by atoms with Crippen molar-refractivity contribution in [2.24, 2.45) is 5.92 Å². The van der Waals surface area contributed by atoms with Gasteiger partial charge in [0, 0.05) is 18.8 Å². The maximum absolute atomic E-state index is 11.8. The van der Waals surface area contributed by atoms with Gasteiger partial charge in [-0.2, -0.15) is 0 Å². The van der Waals surface area contributed by atoms with Crippen molar-refractivity contribution in [2.75, 3.05) is 25.4 Å². The molecule has 4 nitrogen and oxygen atoms in total. The van der Waals surface area contributed by atoms with Crippen LogP contribution in [0.25, 0.3) is 0 Å². The number of amides is 1. The van der Waals surface area contributed by atoms with Crippen molar-refractivity contribution in [3.63, 3.8) is 0 Å². The maximum atomic E-state index is 11.8. The molecule has 0 atom stereocenters. The second-order valence-electron chi connectivity index (χ2n) is 5.20. The zero-order valence-electron chi connectivity index (χ0n) is 12.1. The van der Waals surface area contributed by atoms with E-state index in [1.165, 1.54) is 0 Å². The number of anilines is 1. The van der Waals surface area contributed by atoms with E-state index < -0.39 is 0 Å². The topological polar surface area (TPSA) is 58.4 Å². The Bertz CT molecular complexity index is 404. The predicted octanol–water partition coefficient (Wildman–Crippen LogP) is 1.86. The van der Waals surface area contributed by atoms with Crippen LogP contribution in [0, 0.1) is 5.92 Å². The van der Waals surface area contributed by atoms with Gasteiger partial charge < -0.3 is 11.1 Å². The summed E-state index contributed by atoms with van der Waals surface area (Å²) in [6, 6.07) is 7.79. The fraction of sp³-hybridized carbons (Fsp3) is 0.533. The van der Waals surface area contributed by atoms with E-state index in [-0.39, 0.29) is 5.91 Å². The van der Waals surface area contributed by atoms with Crippen LogP contribution in [-0.4, -0.2) is 30.4 Å². The first-order valence-electron chi connectivity index (χ1n) is 6.85. The molecule has 0 fully saturated rings. The fourth-order valence-electron chi connectivity index (χ4n) is 1.78. The molecule has 19 heavy (non-hydrogen) atoms. The van der Waals surface area contributed by atoms with E-state index >= 15 is 0 Å². The number of nitrogen functional groups attached to an aromatic ring is 1. The molecule has 1 aromatic carbocycles. The van der Waals surface area contributed by atoms with Gasteiger partial charge in [0.15, 0.2) is 0 Å². The van der Waals surface area contributed by atoms with Crippen molar-refractivity contribution < 1.29 is 4.79 Å². The average molecular weight is 263 g/mol. The van der Waals surface area contributed by atoms with Crippen LogP contribution in [0.2, 0.25) is 0 Å². The number of carbonyl (C=O) groups excluding carboxylic acids is 1. The van der Waals surface area contributed by atoms with Gasteiger partial charge in [-0.05, 0) is 24.1 Å². The highest BCUT2D eigenvalue weighted by Crippen LogP contribution is 2.12. The molecule has 0 aliphatic rings. The summed E-state index contributed by atoms with van der Waals surface area (Å²) in [4.78, 5) is 13.9. The Kier molecular flexibility index (Phi) is 6.36. The summed E-state index contributed by atoms with van der Waals surface area (Å²) >= 11 is 0. The summed E-state index contributed by atoms with van der Waals surface area (Å²) in [6.45, 7) is 8.89. The minimum Gasteiger partial charge on any atom is -0.398 e. The van der Waals surface area contributed by atoms with E-state index in [0.29, 0.717) is 19.0 Å². The smallest absolute Gasteiger partial charge is 0.234 e. The molecule has 0 bridgehead atoms. The Morgan fingerprint density at radius 3 is 2.63 bits per heavy atom. The number of nitrogens with zero attached hydrogens (tertiary/aromatic N) is 1. The number of nitrogens with one attached hydrogen (secondary N) is 1. The summed E-state index contributed by atoms with van der Waals surface area (Å²) in [5.41, 5.74) is 7.78. The molecule has 0 aliphatic heterocycles. The molecule has 0 spiro atoms. The van der Waals surface area contributed by atoms with E-state index in [4.69, 9.17) is 5.73 Å². The zero-order valence-corrected chi connectivity index (χ0v) is 12.1. The lowest BCUT2D eigenvalue weighted by molar-refractivity contribution is -0.122. The van der Waals surface area contributed by atoms with Crippen LogP contribution >= 0.6 is 0 Å². The number of carbonyl (C=O) groups is 1. The third kappa shape index (κ3) is 5.75. The Balaban J connectivity index is 2.50. The van der Waals surface area contributed by atoms with Gasteiger partial charge >= 0.3 is 0 Å². The molecule has 4 heteroatoms. The standard InChI is InChI=1S/C15H25N3O/c1-4-18(11-15(19)17-9-12(2)3)10-13-7-5-6-8-14(13)16/h5-8,12H,4,9-11,16H2,1-3H3,(H,17,19). The highest BCUT2D eigenvalue weighted by atomic mass is 16.2. The van der Waals surface area contributed by atoms with Crippen LogP contribution in [0.3, 0.4) is 0 Å². The molecular weight excluding hydrogens is 238 g/mol. The second-order valence-corrected chi connectivity index (χ2v) is 5.20. The predicted molar refractivity (Wildman–Crippen MR) is 79.7 cm³/mol. The Morgan fingerprint density at radius 1 is 1.37 bits per heavy atom. The van der Waals surface area contributed by atoms with E-state index in [1.807, 2.05) is 24.3 Å². The van der Waals surface area contributed by atoms with Crippen molar-refractivity contribution in [3.05, 3.63) is 29.8 Å². The van der Waals surface area contributed by atoms with E-state index in [1.54, 1.807) is 0 Å². The summed E-state index contributed by atoms with van der Waals surface area (Å²) in [5.74, 6) is 0.550. The van der Waals surface area contributed by atoms with E-state index in [2.05, 4.69) is 31.0 Å². The summed E-state index contributed by atoms with van der Waals surface area (Å²) in [5, 5.41) is 2.94. The van der Waals surface area contributed by atoms with Crippen LogP contribution in [0.5, 0.6) is 0 Å². The average Bonchev–Trinajstić information content (AvgIpc) is 2.38. The molecule has 0 heterocycles. The van der Waals surface area contributed by atoms with Crippen molar-refractivity contribution in [2.45, 2.75) is 27.3 Å². The number of para-hydroxylation sites is 1. The number of rotatable bonds is 7. The van der Waals surface area contributed by atoms with E-state index in [0.717, 1.165) is 24.3 Å². The van der Waals surface area contributed by atoms with Gasteiger partial charge in [0.05, 0.1) is 6.54 Å². The quantitative estimate of drug-likeness (QED) is 0.738. The molecule has 3 N–H and O–H groups in total. The van der Waals surface area contributed by atoms with Crippen molar-refractivity contribution in [3.8, 4) is 0 Å². The lowest BCUT2D eigenvalue weighted by atomic mass is 10.1. The number of hydrogen-bond acceptors (Lipinski definition) is 3. The molecule has 106 valence electrons. The minimum atomic E-state index is 0.0741. The number of likely N-dealkylation sites (N-methyl/N-ethyl adjacent to an activating group) is 1. The zero-order chi connectivity index (χ0) is 14.3. The second kappa shape index (κ2) is 7.79. The first-order valence-corrected chi connectivity index (χ1v) is 6.85. The SMILES string of the molecule is CCN(CC(=O)NCC(C)C)Cc1ccccc1N. The van der Waals surface area contributed by atoms with Crippen LogP contribution in [0.15, 0.2) is 24.3 Å². The van der Waals surface area contributed by atoms with Gasteiger partial charge in [0.25, 0.3) is 0 Å². The van der Waals surface area contributed by atoms with Crippen molar-refractivity contribution in [1.29, 1.82) is 0 Å². The number of hydrogen-bond donors (Lipinski definition) is 2. The Hall–Kier alpha value is -1.55. The lowest BCUT2D eigenvalue weighted by Crippen LogP contribution is -2.38. The number of benzene rings is 1. The Labute approximate surface area is 116 Å². The van der Waals surface area contributed by atoms with Crippen molar-refractivity contribution >= 4 is 11.6 Å². The molecular formula is C15H25N3O. The van der Waals surface area contributed by atoms with Gasteiger partial charge in [-0.15, -0.1) is 0 Å². The van der Waals surface area contributed by atoms with Crippen molar-refractivity contribution in [1.82, 2.24) is 10.2 Å². The molecule has 0 saturated carbocycles. The molecule has 0 radical (unpaired) electrons. The summed E-state index contributed by atoms with van der Waals surface area (Å²) in [7, 11) is 0. The largest absolute Gasteiger partial charge is 0.398 e. The first kappa shape index (κ1) is 15.5. The fourth-order valence-corrected chi connectivity index (χ4v) is 1.78. The van der Waals surface area contributed by atoms with Gasteiger partial charge in [-0.1, -0.05) is 39.0 Å². The first-order chi connectivity index (χ1) is 9.02. The van der Waals surface area contributed by atoms with E-state index in [9.17, 15) is 4.79 Å². The van der Waals surface area contributed by atoms with Crippen LogP contribution in [0.4, 0.5) is 5.69 Å². The lowest BCUT2D eigenvalue weighted by Gasteiger charge is -2.21. The monoisotopic (exact) mass is 263 g/mol. The van der Waals surface area contributed by atoms with Gasteiger partial charge in [0.2, 0.25) is 5.91 Å².